The molecule has 3 rings (SSSR count). The second-order valence-corrected chi connectivity index (χ2v) is 9.89. The first-order chi connectivity index (χ1) is 15.7. The Morgan fingerprint density at radius 1 is 1.24 bits per heavy atom. The Bertz CT molecular complexity index is 1080. The number of aromatic nitrogens is 3. The molecule has 1 aromatic heterocycles. The number of carbonyl (C=O) groups excluding carboxylic acids is 2. The van der Waals surface area contributed by atoms with E-state index in [4.69, 9.17) is 15.2 Å². The monoisotopic (exact) mass is 498 g/mol. The minimum Gasteiger partial charge on any atom is -0.465 e. The fourth-order valence-electron chi connectivity index (χ4n) is 3.09. The summed E-state index contributed by atoms with van der Waals surface area (Å²) in [5, 5.41) is 10.7. The number of nitrogens with zero attached hydrogens (tertiary/aromatic N) is 4. The third-order valence-corrected chi connectivity index (χ3v) is 7.64. The van der Waals surface area contributed by atoms with Crippen LogP contribution in [0.4, 0.5) is 11.6 Å². The fraction of sp³-hybridized carbons (Fsp3) is 0.474. The van der Waals surface area contributed by atoms with Crippen LogP contribution in [-0.2, 0) is 29.1 Å². The van der Waals surface area contributed by atoms with Crippen LogP contribution in [0.1, 0.15) is 19.9 Å². The lowest BCUT2D eigenvalue weighted by molar-refractivity contribution is -0.139. The summed E-state index contributed by atoms with van der Waals surface area (Å²) in [6, 6.07) is 5.13. The Kier molecular flexibility index (Phi) is 8.29. The van der Waals surface area contributed by atoms with Gasteiger partial charge >= 0.3 is 5.97 Å². The molecule has 33 heavy (non-hydrogen) atoms. The number of nitrogens with two attached hydrogens (primary N) is 1. The van der Waals surface area contributed by atoms with Crippen molar-refractivity contribution >= 4 is 45.3 Å². The second-order valence-electron chi connectivity index (χ2n) is 7.01. The van der Waals surface area contributed by atoms with Gasteiger partial charge < -0.3 is 20.5 Å². The summed E-state index contributed by atoms with van der Waals surface area (Å²) in [6.45, 7) is 4.90. The minimum absolute atomic E-state index is 0.000604. The van der Waals surface area contributed by atoms with Gasteiger partial charge in [0.25, 0.3) is 0 Å². The topological polar surface area (TPSA) is 159 Å². The molecule has 0 bridgehead atoms. The maximum atomic E-state index is 12.8. The van der Waals surface area contributed by atoms with Crippen LogP contribution in [0, 0.1) is 0 Å². The second kappa shape index (κ2) is 11.0. The van der Waals surface area contributed by atoms with E-state index in [1.807, 2.05) is 0 Å². The number of nitrogen functional groups attached to an aromatic ring is 1. The highest BCUT2D eigenvalue weighted by Crippen LogP contribution is 2.25. The quantitative estimate of drug-likeness (QED) is 0.373. The van der Waals surface area contributed by atoms with Gasteiger partial charge in [0.2, 0.25) is 21.9 Å². The smallest absolute Gasteiger partial charge is 0.316 e. The van der Waals surface area contributed by atoms with E-state index in [2.05, 4.69) is 15.5 Å². The molecule has 12 nitrogen and oxygen atoms in total. The lowest BCUT2D eigenvalue weighted by Crippen LogP contribution is -2.40. The van der Waals surface area contributed by atoms with Crippen molar-refractivity contribution in [2.24, 2.45) is 0 Å². The van der Waals surface area contributed by atoms with E-state index in [0.29, 0.717) is 37.1 Å². The molecule has 1 amide bonds. The number of sulfonamides is 1. The fourth-order valence-corrected chi connectivity index (χ4v) is 5.31. The predicted molar refractivity (Wildman–Crippen MR) is 121 cm³/mol. The summed E-state index contributed by atoms with van der Waals surface area (Å²) in [4.78, 5) is 24.6. The molecule has 3 N–H and O–H groups in total. The molecule has 0 radical (unpaired) electrons. The zero-order chi connectivity index (χ0) is 24.0. The molecule has 1 saturated heterocycles. The molecular weight excluding hydrogens is 472 g/mol. The minimum atomic E-state index is -3.62. The van der Waals surface area contributed by atoms with Crippen LogP contribution in [0.3, 0.4) is 0 Å². The molecule has 0 saturated carbocycles. The summed E-state index contributed by atoms with van der Waals surface area (Å²) in [5.41, 5.74) is 6.29. The molecule has 180 valence electrons. The molecule has 1 aromatic carbocycles. The predicted octanol–water partition coefficient (Wildman–Crippen LogP) is 0.736. The van der Waals surface area contributed by atoms with Gasteiger partial charge in [-0.25, -0.2) is 8.42 Å². The van der Waals surface area contributed by atoms with E-state index in [1.165, 1.54) is 33.1 Å². The molecular formula is C19H26N6O6S2. The van der Waals surface area contributed by atoms with Gasteiger partial charge in [0.1, 0.15) is 6.04 Å². The zero-order valence-electron chi connectivity index (χ0n) is 18.3. The van der Waals surface area contributed by atoms with E-state index in [-0.39, 0.29) is 23.2 Å². The van der Waals surface area contributed by atoms with Crippen LogP contribution in [0.25, 0.3) is 0 Å². The Balaban J connectivity index is 1.67. The first-order valence-electron chi connectivity index (χ1n) is 10.2. The van der Waals surface area contributed by atoms with Crippen LogP contribution in [0.5, 0.6) is 0 Å². The number of thioether (sulfide) groups is 1. The van der Waals surface area contributed by atoms with Crippen molar-refractivity contribution in [3.8, 4) is 0 Å². The van der Waals surface area contributed by atoms with Gasteiger partial charge in [0.15, 0.2) is 5.16 Å². The Labute approximate surface area is 195 Å². The van der Waals surface area contributed by atoms with Gasteiger partial charge in [-0.2, -0.15) is 4.31 Å². The number of ether oxygens (including phenoxy) is 2. The summed E-state index contributed by atoms with van der Waals surface area (Å²) < 4.78 is 38.3. The molecule has 1 aliphatic heterocycles. The summed E-state index contributed by atoms with van der Waals surface area (Å²) in [7, 11) is -3.62. The Hall–Kier alpha value is -2.68. The molecule has 1 unspecified atom stereocenters. The molecule has 2 heterocycles. The van der Waals surface area contributed by atoms with Crippen molar-refractivity contribution in [3.05, 3.63) is 24.3 Å². The lowest BCUT2D eigenvalue weighted by atomic mass is 10.2. The number of hydrogen-bond donors (Lipinski definition) is 2. The molecule has 0 spiro atoms. The van der Waals surface area contributed by atoms with Crippen molar-refractivity contribution in [2.75, 3.05) is 49.7 Å². The van der Waals surface area contributed by atoms with Gasteiger partial charge in [-0.05, 0) is 38.1 Å². The number of hydrogen-bond acceptors (Lipinski definition) is 10. The van der Waals surface area contributed by atoms with Gasteiger partial charge in [-0.3, -0.25) is 14.2 Å². The number of nitrogens with one attached hydrogen (secondary N) is 1. The van der Waals surface area contributed by atoms with Crippen molar-refractivity contribution in [2.45, 2.75) is 29.9 Å². The number of rotatable bonds is 9. The van der Waals surface area contributed by atoms with Crippen LogP contribution in [0.2, 0.25) is 0 Å². The largest absolute Gasteiger partial charge is 0.465 e. The Morgan fingerprint density at radius 3 is 2.55 bits per heavy atom. The molecule has 1 fully saturated rings. The number of benzene rings is 1. The normalized spacial score (nSPS) is 15.7. The van der Waals surface area contributed by atoms with Crippen molar-refractivity contribution in [1.82, 2.24) is 19.1 Å². The molecule has 14 heteroatoms. The first kappa shape index (κ1) is 25.0. The highest BCUT2D eigenvalue weighted by Gasteiger charge is 2.27. The van der Waals surface area contributed by atoms with E-state index in [9.17, 15) is 18.0 Å². The number of carbonyl (C=O) groups is 2. The SMILES string of the molecule is CCOC(=O)CSc1nnc(N)n1C(C)C(=O)Nc1ccc(S(=O)(=O)N2CCOCC2)cc1. The Morgan fingerprint density at radius 2 is 1.91 bits per heavy atom. The average Bonchev–Trinajstić information content (AvgIpc) is 3.18. The van der Waals surface area contributed by atoms with Crippen LogP contribution >= 0.6 is 11.8 Å². The highest BCUT2D eigenvalue weighted by molar-refractivity contribution is 7.99. The number of anilines is 2. The lowest BCUT2D eigenvalue weighted by Gasteiger charge is -2.26. The molecule has 0 aliphatic carbocycles. The van der Waals surface area contributed by atoms with Crippen molar-refractivity contribution in [3.63, 3.8) is 0 Å². The maximum Gasteiger partial charge on any atom is 0.316 e. The summed E-state index contributed by atoms with van der Waals surface area (Å²) in [6.07, 6.45) is 0. The number of amides is 1. The number of morpholine rings is 1. The van der Waals surface area contributed by atoms with Crippen LogP contribution in [0.15, 0.2) is 34.3 Å². The maximum absolute atomic E-state index is 12.8. The molecule has 2 aromatic rings. The van der Waals surface area contributed by atoms with E-state index in [0.717, 1.165) is 11.8 Å². The van der Waals surface area contributed by atoms with Crippen LogP contribution in [-0.4, -0.2) is 78.0 Å². The third-order valence-electron chi connectivity index (χ3n) is 4.81. The van der Waals surface area contributed by atoms with Gasteiger partial charge in [0, 0.05) is 18.8 Å². The van der Waals surface area contributed by atoms with Gasteiger partial charge in [-0.1, -0.05) is 11.8 Å². The molecule has 1 atom stereocenters. The van der Waals surface area contributed by atoms with Gasteiger partial charge in [-0.15, -0.1) is 10.2 Å². The van der Waals surface area contributed by atoms with Crippen LogP contribution < -0.4 is 11.1 Å². The third kappa shape index (κ3) is 6.01. The van der Waals surface area contributed by atoms with E-state index >= 15 is 0 Å². The van der Waals surface area contributed by atoms with E-state index in [1.54, 1.807) is 13.8 Å². The average molecular weight is 499 g/mol. The summed E-state index contributed by atoms with van der Waals surface area (Å²) in [5.74, 6) is -0.807. The standard InChI is InChI=1S/C19H26N6O6S2/c1-3-31-16(26)12-32-19-23-22-18(20)25(19)13(2)17(27)21-14-4-6-15(7-5-14)33(28,29)24-8-10-30-11-9-24/h4-7,13H,3,8-12H2,1-2H3,(H2,20,22)(H,21,27). The molecule has 1 aliphatic rings. The van der Waals surface area contributed by atoms with Crippen molar-refractivity contribution < 1.29 is 27.5 Å². The van der Waals surface area contributed by atoms with Gasteiger partial charge in [0.05, 0.1) is 30.5 Å². The van der Waals surface area contributed by atoms with E-state index < -0.39 is 27.9 Å². The first-order valence-corrected chi connectivity index (χ1v) is 12.6. The summed E-state index contributed by atoms with van der Waals surface area (Å²) >= 11 is 1.06. The number of esters is 1. The van der Waals surface area contributed by atoms with Crippen molar-refractivity contribution in [1.29, 1.82) is 0 Å². The zero-order valence-corrected chi connectivity index (χ0v) is 19.9. The highest BCUT2D eigenvalue weighted by atomic mass is 32.2.